The van der Waals surface area contributed by atoms with Crippen molar-refractivity contribution in [3.05, 3.63) is 17.5 Å². The molecule has 0 spiro atoms. The van der Waals surface area contributed by atoms with Gasteiger partial charge >= 0.3 is 0 Å². The minimum atomic E-state index is 0.187. The van der Waals surface area contributed by atoms with Gasteiger partial charge < -0.3 is 10.2 Å². The van der Waals surface area contributed by atoms with Crippen LogP contribution in [0.3, 0.4) is 0 Å². The van der Waals surface area contributed by atoms with Crippen LogP contribution in [0.4, 0.5) is 0 Å². The van der Waals surface area contributed by atoms with Crippen molar-refractivity contribution in [1.82, 2.24) is 20.0 Å². The lowest BCUT2D eigenvalue weighted by Gasteiger charge is -2.32. The predicted octanol–water partition coefficient (Wildman–Crippen LogP) is 0.958. The molecule has 0 aliphatic carbocycles. The highest BCUT2D eigenvalue weighted by atomic mass is 16.2. The minimum absolute atomic E-state index is 0.187. The molecule has 106 valence electrons. The highest BCUT2D eigenvalue weighted by Crippen LogP contribution is 2.16. The summed E-state index contributed by atoms with van der Waals surface area (Å²) in [6.45, 7) is 7.07. The first-order chi connectivity index (χ1) is 9.10. The van der Waals surface area contributed by atoms with Crippen LogP contribution < -0.4 is 5.32 Å². The molecule has 0 bridgehead atoms. The number of piperidine rings is 1. The number of carbonyl (C=O) groups excluding carboxylic acids is 1. The van der Waals surface area contributed by atoms with Crippen LogP contribution in [-0.4, -0.2) is 47.3 Å². The fourth-order valence-corrected chi connectivity index (χ4v) is 2.81. The third kappa shape index (κ3) is 3.56. The minimum Gasteiger partial charge on any atom is -0.341 e. The summed E-state index contributed by atoms with van der Waals surface area (Å²) in [5.41, 5.74) is 2.02. The fourth-order valence-electron chi connectivity index (χ4n) is 2.81. The standard InChI is InChI=1S/C14H24N4O/c1-11-7-12(2)18(16-11)10-14(19)17-6-4-5-13(9-17)8-15-3/h7,13,15H,4-6,8-10H2,1-3H3. The molecule has 2 rings (SSSR count). The Morgan fingerprint density at radius 3 is 2.95 bits per heavy atom. The first-order valence-corrected chi connectivity index (χ1v) is 7.03. The van der Waals surface area contributed by atoms with Gasteiger partial charge in [-0.25, -0.2) is 0 Å². The fraction of sp³-hybridized carbons (Fsp3) is 0.714. The number of hydrogen-bond donors (Lipinski definition) is 1. The van der Waals surface area contributed by atoms with Gasteiger partial charge in [-0.05, 0) is 52.3 Å². The van der Waals surface area contributed by atoms with E-state index in [9.17, 15) is 4.79 Å². The summed E-state index contributed by atoms with van der Waals surface area (Å²) >= 11 is 0. The smallest absolute Gasteiger partial charge is 0.244 e. The van der Waals surface area contributed by atoms with Crippen molar-refractivity contribution in [2.45, 2.75) is 33.2 Å². The number of nitrogens with zero attached hydrogens (tertiary/aromatic N) is 3. The second kappa shape index (κ2) is 6.19. The normalized spacial score (nSPS) is 19.7. The predicted molar refractivity (Wildman–Crippen MR) is 74.9 cm³/mol. The van der Waals surface area contributed by atoms with Crippen molar-refractivity contribution in [3.63, 3.8) is 0 Å². The molecule has 5 heteroatoms. The van der Waals surface area contributed by atoms with Crippen LogP contribution in [0.2, 0.25) is 0 Å². The maximum absolute atomic E-state index is 12.3. The second-order valence-corrected chi connectivity index (χ2v) is 5.49. The molecular formula is C14H24N4O. The third-order valence-corrected chi connectivity index (χ3v) is 3.75. The Hall–Kier alpha value is -1.36. The van der Waals surface area contributed by atoms with Crippen molar-refractivity contribution >= 4 is 5.91 Å². The number of carbonyl (C=O) groups is 1. The Balaban J connectivity index is 1.94. The molecule has 1 amide bonds. The number of amides is 1. The van der Waals surface area contributed by atoms with E-state index in [0.717, 1.165) is 37.4 Å². The summed E-state index contributed by atoms with van der Waals surface area (Å²) in [5, 5.41) is 7.56. The van der Waals surface area contributed by atoms with Gasteiger partial charge in [-0.2, -0.15) is 5.10 Å². The van der Waals surface area contributed by atoms with Gasteiger partial charge in [-0.15, -0.1) is 0 Å². The van der Waals surface area contributed by atoms with Gasteiger partial charge in [-0.1, -0.05) is 0 Å². The molecular weight excluding hydrogens is 240 g/mol. The number of aryl methyl sites for hydroxylation is 2. The van der Waals surface area contributed by atoms with Gasteiger partial charge in [0.25, 0.3) is 0 Å². The Labute approximate surface area is 115 Å². The van der Waals surface area contributed by atoms with E-state index >= 15 is 0 Å². The van der Waals surface area contributed by atoms with E-state index in [2.05, 4.69) is 10.4 Å². The Morgan fingerprint density at radius 1 is 1.53 bits per heavy atom. The largest absolute Gasteiger partial charge is 0.341 e. The van der Waals surface area contributed by atoms with Gasteiger partial charge in [-0.3, -0.25) is 9.48 Å². The maximum Gasteiger partial charge on any atom is 0.244 e. The lowest BCUT2D eigenvalue weighted by Crippen LogP contribution is -2.43. The molecule has 5 nitrogen and oxygen atoms in total. The Morgan fingerprint density at radius 2 is 2.32 bits per heavy atom. The van der Waals surface area contributed by atoms with Crippen LogP contribution >= 0.6 is 0 Å². The lowest BCUT2D eigenvalue weighted by atomic mass is 9.98. The monoisotopic (exact) mass is 264 g/mol. The molecule has 0 radical (unpaired) electrons. The van der Waals surface area contributed by atoms with Crippen LogP contribution in [0.1, 0.15) is 24.2 Å². The molecule has 1 atom stereocenters. The number of likely N-dealkylation sites (tertiary alicyclic amines) is 1. The average molecular weight is 264 g/mol. The van der Waals surface area contributed by atoms with Gasteiger partial charge in [0.15, 0.2) is 0 Å². The molecule has 1 fully saturated rings. The SMILES string of the molecule is CNCC1CCCN(C(=O)Cn2nc(C)cc2C)C1. The number of nitrogens with one attached hydrogen (secondary N) is 1. The van der Waals surface area contributed by atoms with Crippen molar-refractivity contribution in [3.8, 4) is 0 Å². The third-order valence-electron chi connectivity index (χ3n) is 3.75. The molecule has 1 aromatic heterocycles. The van der Waals surface area contributed by atoms with E-state index in [-0.39, 0.29) is 5.91 Å². The molecule has 19 heavy (non-hydrogen) atoms. The Kier molecular flexibility index (Phi) is 4.58. The molecule has 1 unspecified atom stereocenters. The van der Waals surface area contributed by atoms with Crippen molar-refractivity contribution in [2.75, 3.05) is 26.7 Å². The zero-order valence-electron chi connectivity index (χ0n) is 12.1. The zero-order valence-corrected chi connectivity index (χ0v) is 12.1. The van der Waals surface area contributed by atoms with Crippen LogP contribution in [-0.2, 0) is 11.3 Å². The van der Waals surface area contributed by atoms with Gasteiger partial charge in [0.1, 0.15) is 6.54 Å². The van der Waals surface area contributed by atoms with Gasteiger partial charge in [0.05, 0.1) is 5.69 Å². The van der Waals surface area contributed by atoms with Gasteiger partial charge in [0.2, 0.25) is 5.91 Å². The molecule has 1 aromatic rings. The van der Waals surface area contributed by atoms with E-state index in [1.165, 1.54) is 6.42 Å². The molecule has 1 aliphatic heterocycles. The van der Waals surface area contributed by atoms with E-state index in [1.54, 1.807) is 4.68 Å². The quantitative estimate of drug-likeness (QED) is 0.881. The first-order valence-electron chi connectivity index (χ1n) is 7.03. The molecule has 1 saturated heterocycles. The lowest BCUT2D eigenvalue weighted by molar-refractivity contribution is -0.133. The van der Waals surface area contributed by atoms with E-state index in [0.29, 0.717) is 12.5 Å². The van der Waals surface area contributed by atoms with Crippen LogP contribution in [0.15, 0.2) is 6.07 Å². The van der Waals surface area contributed by atoms with E-state index in [4.69, 9.17) is 0 Å². The highest BCUT2D eigenvalue weighted by molar-refractivity contribution is 5.76. The van der Waals surface area contributed by atoms with Crippen molar-refractivity contribution in [1.29, 1.82) is 0 Å². The Bertz CT molecular complexity index is 439. The van der Waals surface area contributed by atoms with Crippen LogP contribution in [0.25, 0.3) is 0 Å². The molecule has 1 aliphatic rings. The first kappa shape index (κ1) is 14.1. The van der Waals surface area contributed by atoms with E-state index < -0.39 is 0 Å². The maximum atomic E-state index is 12.3. The molecule has 2 heterocycles. The molecule has 0 aromatic carbocycles. The zero-order chi connectivity index (χ0) is 13.8. The summed E-state index contributed by atoms with van der Waals surface area (Å²) in [4.78, 5) is 14.3. The summed E-state index contributed by atoms with van der Waals surface area (Å²) in [7, 11) is 1.97. The van der Waals surface area contributed by atoms with E-state index in [1.807, 2.05) is 31.9 Å². The average Bonchev–Trinajstić information content (AvgIpc) is 2.68. The number of aromatic nitrogens is 2. The van der Waals surface area contributed by atoms with Crippen molar-refractivity contribution in [2.24, 2.45) is 5.92 Å². The summed E-state index contributed by atoms with van der Waals surface area (Å²) < 4.78 is 1.80. The number of rotatable bonds is 4. The summed E-state index contributed by atoms with van der Waals surface area (Å²) in [5.74, 6) is 0.773. The second-order valence-electron chi connectivity index (χ2n) is 5.49. The van der Waals surface area contributed by atoms with Gasteiger partial charge in [0, 0.05) is 18.8 Å². The summed E-state index contributed by atoms with van der Waals surface area (Å²) in [6.07, 6.45) is 2.32. The molecule has 0 saturated carbocycles. The molecule has 1 N–H and O–H groups in total. The van der Waals surface area contributed by atoms with Crippen molar-refractivity contribution < 1.29 is 4.79 Å². The number of hydrogen-bond acceptors (Lipinski definition) is 3. The summed E-state index contributed by atoms with van der Waals surface area (Å²) in [6, 6.07) is 2.01. The van der Waals surface area contributed by atoms with Crippen LogP contribution in [0.5, 0.6) is 0 Å². The highest BCUT2D eigenvalue weighted by Gasteiger charge is 2.23. The topological polar surface area (TPSA) is 50.2 Å². The van der Waals surface area contributed by atoms with Crippen LogP contribution in [0, 0.1) is 19.8 Å².